The number of carbonyl (C=O) groups is 1. The molecule has 3 rings (SSSR count). The van der Waals surface area contributed by atoms with Crippen molar-refractivity contribution in [3.63, 3.8) is 0 Å². The van der Waals surface area contributed by atoms with Gasteiger partial charge in [-0.05, 0) is 6.07 Å². The van der Waals surface area contributed by atoms with Crippen LogP contribution in [0.3, 0.4) is 0 Å². The number of H-pyrrole nitrogens is 1. The standard InChI is InChI=1S/C15H10FNO/c16-15-13(11-8-4-5-9-12(11)17-15)14(18)10-6-2-1-3-7-10/h1-9,17H. The van der Waals surface area contributed by atoms with Crippen LogP contribution in [0.5, 0.6) is 0 Å². The predicted octanol–water partition coefficient (Wildman–Crippen LogP) is 3.54. The van der Waals surface area contributed by atoms with E-state index in [1.165, 1.54) is 0 Å². The number of fused-ring (bicyclic) bond motifs is 1. The van der Waals surface area contributed by atoms with Crippen molar-refractivity contribution in [1.29, 1.82) is 0 Å². The molecule has 0 fully saturated rings. The molecule has 0 saturated heterocycles. The summed E-state index contributed by atoms with van der Waals surface area (Å²) in [7, 11) is 0. The molecule has 0 amide bonds. The lowest BCUT2D eigenvalue weighted by Gasteiger charge is -1.99. The van der Waals surface area contributed by atoms with Gasteiger partial charge in [0.1, 0.15) is 0 Å². The minimum absolute atomic E-state index is 0.108. The molecule has 1 heterocycles. The van der Waals surface area contributed by atoms with Crippen molar-refractivity contribution in [1.82, 2.24) is 4.98 Å². The first-order valence-electron chi connectivity index (χ1n) is 5.63. The minimum Gasteiger partial charge on any atom is -0.331 e. The van der Waals surface area contributed by atoms with E-state index in [0.717, 1.165) is 0 Å². The van der Waals surface area contributed by atoms with E-state index in [9.17, 15) is 9.18 Å². The summed E-state index contributed by atoms with van der Waals surface area (Å²) in [4.78, 5) is 14.9. The van der Waals surface area contributed by atoms with Crippen LogP contribution in [-0.2, 0) is 0 Å². The zero-order valence-electron chi connectivity index (χ0n) is 9.48. The summed E-state index contributed by atoms with van der Waals surface area (Å²) in [6.07, 6.45) is 0. The van der Waals surface area contributed by atoms with Crippen LogP contribution >= 0.6 is 0 Å². The van der Waals surface area contributed by atoms with Gasteiger partial charge in [0.05, 0.1) is 5.56 Å². The largest absolute Gasteiger partial charge is 0.331 e. The lowest BCUT2D eigenvalue weighted by atomic mass is 10.0. The highest BCUT2D eigenvalue weighted by atomic mass is 19.1. The topological polar surface area (TPSA) is 32.9 Å². The molecule has 0 spiro atoms. The van der Waals surface area contributed by atoms with Crippen molar-refractivity contribution in [3.8, 4) is 0 Å². The number of nitrogens with one attached hydrogen (secondary N) is 1. The van der Waals surface area contributed by atoms with Gasteiger partial charge in [-0.1, -0.05) is 48.5 Å². The second kappa shape index (κ2) is 4.11. The van der Waals surface area contributed by atoms with Gasteiger partial charge in [0.25, 0.3) is 0 Å². The van der Waals surface area contributed by atoms with Gasteiger partial charge in [-0.25, -0.2) is 0 Å². The molecule has 0 aliphatic heterocycles. The van der Waals surface area contributed by atoms with Crippen molar-refractivity contribution in [3.05, 3.63) is 71.7 Å². The number of ketones is 1. The number of hydrogen-bond donors (Lipinski definition) is 1. The van der Waals surface area contributed by atoms with Crippen LogP contribution in [0.1, 0.15) is 15.9 Å². The third kappa shape index (κ3) is 1.61. The average molecular weight is 239 g/mol. The summed E-state index contributed by atoms with van der Waals surface area (Å²) in [5.41, 5.74) is 1.23. The van der Waals surface area contributed by atoms with Crippen molar-refractivity contribution in [2.24, 2.45) is 0 Å². The second-order valence-corrected chi connectivity index (χ2v) is 4.05. The number of hydrogen-bond acceptors (Lipinski definition) is 1. The Kier molecular flexibility index (Phi) is 2.45. The Morgan fingerprint density at radius 3 is 2.39 bits per heavy atom. The molecule has 3 heteroatoms. The fourth-order valence-electron chi connectivity index (χ4n) is 2.06. The van der Waals surface area contributed by atoms with Crippen molar-refractivity contribution < 1.29 is 9.18 Å². The highest BCUT2D eigenvalue weighted by Crippen LogP contribution is 2.23. The first-order chi connectivity index (χ1) is 8.77. The molecule has 18 heavy (non-hydrogen) atoms. The Labute approximate surface area is 103 Å². The molecule has 3 aromatic rings. The molecule has 0 radical (unpaired) electrons. The lowest BCUT2D eigenvalue weighted by Crippen LogP contribution is -2.02. The van der Waals surface area contributed by atoms with Crippen LogP contribution in [0.2, 0.25) is 0 Å². The number of para-hydroxylation sites is 1. The third-order valence-corrected chi connectivity index (χ3v) is 2.92. The monoisotopic (exact) mass is 239 g/mol. The number of carbonyl (C=O) groups excluding carboxylic acids is 1. The van der Waals surface area contributed by atoms with Crippen LogP contribution < -0.4 is 0 Å². The smallest absolute Gasteiger partial charge is 0.203 e. The first kappa shape index (κ1) is 10.7. The van der Waals surface area contributed by atoms with Gasteiger partial charge in [0.2, 0.25) is 5.95 Å². The summed E-state index contributed by atoms with van der Waals surface area (Å²) in [6.45, 7) is 0. The fraction of sp³-hybridized carbons (Fsp3) is 0. The summed E-state index contributed by atoms with van der Waals surface area (Å²) in [6, 6.07) is 15.8. The molecule has 0 unspecified atom stereocenters. The molecule has 0 bridgehead atoms. The normalized spacial score (nSPS) is 10.7. The summed E-state index contributed by atoms with van der Waals surface area (Å²) < 4.78 is 13.9. The molecule has 2 nitrogen and oxygen atoms in total. The zero-order chi connectivity index (χ0) is 12.5. The van der Waals surface area contributed by atoms with E-state index in [1.54, 1.807) is 48.5 Å². The molecule has 1 aromatic heterocycles. The SMILES string of the molecule is O=C(c1ccccc1)c1c(F)[nH]c2ccccc12. The number of aromatic amines is 1. The van der Waals surface area contributed by atoms with Crippen LogP contribution in [0.25, 0.3) is 10.9 Å². The highest BCUT2D eigenvalue weighted by Gasteiger charge is 2.19. The molecule has 0 aliphatic carbocycles. The van der Waals surface area contributed by atoms with Gasteiger partial charge in [0.15, 0.2) is 5.78 Å². The number of halogens is 1. The fourth-order valence-corrected chi connectivity index (χ4v) is 2.06. The number of rotatable bonds is 2. The maximum absolute atomic E-state index is 13.9. The van der Waals surface area contributed by atoms with Crippen LogP contribution in [0.15, 0.2) is 54.6 Å². The molecule has 1 N–H and O–H groups in total. The Balaban J connectivity index is 2.21. The van der Waals surface area contributed by atoms with Crippen molar-refractivity contribution in [2.75, 3.05) is 0 Å². The van der Waals surface area contributed by atoms with E-state index < -0.39 is 5.95 Å². The van der Waals surface area contributed by atoms with E-state index >= 15 is 0 Å². The lowest BCUT2D eigenvalue weighted by molar-refractivity contribution is 0.103. The number of aromatic nitrogens is 1. The maximum Gasteiger partial charge on any atom is 0.203 e. The Bertz CT molecular complexity index is 716. The molecule has 2 aromatic carbocycles. The highest BCUT2D eigenvalue weighted by molar-refractivity contribution is 6.16. The molecular weight excluding hydrogens is 229 g/mol. The predicted molar refractivity (Wildman–Crippen MR) is 68.1 cm³/mol. The van der Waals surface area contributed by atoms with Crippen LogP contribution in [0, 0.1) is 5.95 Å². The molecule has 0 aliphatic rings. The van der Waals surface area contributed by atoms with Gasteiger partial charge in [-0.2, -0.15) is 4.39 Å². The summed E-state index contributed by atoms with van der Waals surface area (Å²) in [5, 5.41) is 0.615. The molecule has 0 saturated carbocycles. The Hall–Kier alpha value is -2.42. The van der Waals surface area contributed by atoms with E-state index in [2.05, 4.69) is 4.98 Å². The van der Waals surface area contributed by atoms with Gasteiger partial charge in [-0.15, -0.1) is 0 Å². The van der Waals surface area contributed by atoms with Crippen LogP contribution in [-0.4, -0.2) is 10.8 Å². The Morgan fingerprint density at radius 1 is 0.944 bits per heavy atom. The summed E-state index contributed by atoms with van der Waals surface area (Å²) >= 11 is 0. The average Bonchev–Trinajstić information content (AvgIpc) is 2.75. The second-order valence-electron chi connectivity index (χ2n) is 4.05. The van der Waals surface area contributed by atoms with E-state index in [0.29, 0.717) is 16.5 Å². The van der Waals surface area contributed by atoms with E-state index in [1.807, 2.05) is 6.07 Å². The minimum atomic E-state index is -0.579. The molecule has 88 valence electrons. The third-order valence-electron chi connectivity index (χ3n) is 2.92. The maximum atomic E-state index is 13.9. The van der Waals surface area contributed by atoms with Gasteiger partial charge in [0, 0.05) is 16.5 Å². The molecular formula is C15H10FNO. The van der Waals surface area contributed by atoms with Crippen LogP contribution in [0.4, 0.5) is 4.39 Å². The van der Waals surface area contributed by atoms with Gasteiger partial charge < -0.3 is 4.98 Å². The van der Waals surface area contributed by atoms with E-state index in [4.69, 9.17) is 0 Å². The number of benzene rings is 2. The van der Waals surface area contributed by atoms with Crippen molar-refractivity contribution in [2.45, 2.75) is 0 Å². The zero-order valence-corrected chi connectivity index (χ0v) is 9.48. The van der Waals surface area contributed by atoms with Crippen molar-refractivity contribution >= 4 is 16.7 Å². The van der Waals surface area contributed by atoms with Gasteiger partial charge >= 0.3 is 0 Å². The molecule has 0 atom stereocenters. The van der Waals surface area contributed by atoms with E-state index in [-0.39, 0.29) is 11.3 Å². The first-order valence-corrected chi connectivity index (χ1v) is 5.63. The quantitative estimate of drug-likeness (QED) is 0.682. The Morgan fingerprint density at radius 2 is 1.61 bits per heavy atom. The van der Waals surface area contributed by atoms with Gasteiger partial charge in [-0.3, -0.25) is 4.79 Å². The summed E-state index contributed by atoms with van der Waals surface area (Å²) in [5.74, 6) is -0.879.